The fourth-order valence-corrected chi connectivity index (χ4v) is 2.34. The first kappa shape index (κ1) is 15.0. The lowest BCUT2D eigenvalue weighted by atomic mass is 10.2. The largest absolute Gasteiger partial charge is 0.339 e. The van der Waals surface area contributed by atoms with Crippen LogP contribution in [-0.2, 0) is 6.42 Å². The zero-order valence-electron chi connectivity index (χ0n) is 11.0. The minimum absolute atomic E-state index is 0.199. The number of aromatic amines is 1. The molecule has 0 spiro atoms. The van der Waals surface area contributed by atoms with E-state index >= 15 is 0 Å². The molecule has 1 amide bonds. The maximum atomic E-state index is 12.1. The number of amides is 1. The second kappa shape index (κ2) is 6.73. The molecule has 0 bridgehead atoms. The summed E-state index contributed by atoms with van der Waals surface area (Å²) in [7, 11) is 0. The molecule has 0 aliphatic heterocycles. The number of halogens is 1. The van der Waals surface area contributed by atoms with E-state index in [0.29, 0.717) is 13.1 Å². The van der Waals surface area contributed by atoms with E-state index in [2.05, 4.69) is 20.9 Å². The molecular formula is C13H19BrN2O2. The second-order valence-electron chi connectivity index (χ2n) is 4.07. The molecule has 0 radical (unpaired) electrons. The number of carbonyl (C=O) groups is 1. The summed E-state index contributed by atoms with van der Waals surface area (Å²) in [5.74, 6) is -0.218. The zero-order chi connectivity index (χ0) is 13.7. The third-order valence-electron chi connectivity index (χ3n) is 2.85. The molecule has 0 fully saturated rings. The first-order valence-corrected chi connectivity index (χ1v) is 7.05. The molecule has 5 heteroatoms. The van der Waals surface area contributed by atoms with E-state index in [1.165, 1.54) is 0 Å². The van der Waals surface area contributed by atoms with E-state index < -0.39 is 0 Å². The van der Waals surface area contributed by atoms with Crippen molar-refractivity contribution in [3.05, 3.63) is 32.2 Å². The van der Waals surface area contributed by atoms with Gasteiger partial charge in [-0.2, -0.15) is 0 Å². The van der Waals surface area contributed by atoms with Crippen molar-refractivity contribution in [2.24, 2.45) is 0 Å². The Hall–Kier alpha value is -1.10. The summed E-state index contributed by atoms with van der Waals surface area (Å²) in [6.45, 7) is 7.04. The molecule has 0 saturated carbocycles. The van der Waals surface area contributed by atoms with Crippen LogP contribution in [0, 0.1) is 0 Å². The number of aromatic nitrogens is 1. The number of nitrogens with zero attached hydrogens (tertiary/aromatic N) is 1. The molecule has 0 aliphatic rings. The van der Waals surface area contributed by atoms with Crippen molar-refractivity contribution in [3.8, 4) is 0 Å². The molecule has 0 saturated heterocycles. The van der Waals surface area contributed by atoms with E-state index in [1.54, 1.807) is 11.0 Å². The third-order valence-corrected chi connectivity index (χ3v) is 3.56. The Bertz CT molecular complexity index is 478. The Balaban J connectivity index is 3.15. The number of aryl methyl sites for hydroxylation is 1. The predicted octanol–water partition coefficient (Wildman–Crippen LogP) is 2.57. The minimum atomic E-state index is -0.307. The van der Waals surface area contributed by atoms with Crippen molar-refractivity contribution in [1.29, 1.82) is 0 Å². The first-order chi connectivity index (χ1) is 8.54. The standard InChI is InChI=1S/C13H19BrN2O2/c1-4-7-11-10(14)8-9(12(17)15-11)13(18)16(5-2)6-3/h8H,4-7H2,1-3H3,(H,15,17). The third kappa shape index (κ3) is 3.22. The molecule has 18 heavy (non-hydrogen) atoms. The summed E-state index contributed by atoms with van der Waals surface area (Å²) < 4.78 is 0.791. The highest BCUT2D eigenvalue weighted by atomic mass is 79.9. The fraction of sp³-hybridized carbons (Fsp3) is 0.538. The van der Waals surface area contributed by atoms with Crippen molar-refractivity contribution in [2.45, 2.75) is 33.6 Å². The van der Waals surface area contributed by atoms with Crippen LogP contribution in [0.5, 0.6) is 0 Å². The van der Waals surface area contributed by atoms with Gasteiger partial charge in [0.15, 0.2) is 0 Å². The van der Waals surface area contributed by atoms with Crippen LogP contribution in [0.3, 0.4) is 0 Å². The molecule has 4 nitrogen and oxygen atoms in total. The van der Waals surface area contributed by atoms with Gasteiger partial charge in [-0.1, -0.05) is 13.3 Å². The van der Waals surface area contributed by atoms with Crippen LogP contribution < -0.4 is 5.56 Å². The number of hydrogen-bond donors (Lipinski definition) is 1. The predicted molar refractivity (Wildman–Crippen MR) is 76.0 cm³/mol. The Kier molecular flexibility index (Phi) is 5.59. The van der Waals surface area contributed by atoms with Gasteiger partial charge in [-0.15, -0.1) is 0 Å². The molecule has 100 valence electrons. The Morgan fingerprint density at radius 2 is 1.94 bits per heavy atom. The van der Waals surface area contributed by atoms with E-state index in [4.69, 9.17) is 0 Å². The van der Waals surface area contributed by atoms with Crippen LogP contribution in [0.15, 0.2) is 15.3 Å². The van der Waals surface area contributed by atoms with Crippen molar-refractivity contribution < 1.29 is 4.79 Å². The van der Waals surface area contributed by atoms with Crippen molar-refractivity contribution >= 4 is 21.8 Å². The van der Waals surface area contributed by atoms with Gasteiger partial charge in [0.2, 0.25) is 0 Å². The summed E-state index contributed by atoms with van der Waals surface area (Å²) in [6.07, 6.45) is 1.73. The lowest BCUT2D eigenvalue weighted by Gasteiger charge is -2.18. The van der Waals surface area contributed by atoms with E-state index in [0.717, 1.165) is 23.0 Å². The van der Waals surface area contributed by atoms with Crippen LogP contribution in [-0.4, -0.2) is 28.9 Å². The number of nitrogens with one attached hydrogen (secondary N) is 1. The molecule has 1 aromatic rings. The van der Waals surface area contributed by atoms with Gasteiger partial charge >= 0.3 is 0 Å². The highest BCUT2D eigenvalue weighted by Crippen LogP contribution is 2.16. The first-order valence-electron chi connectivity index (χ1n) is 6.26. The normalized spacial score (nSPS) is 10.4. The van der Waals surface area contributed by atoms with Crippen molar-refractivity contribution in [1.82, 2.24) is 9.88 Å². The molecular weight excluding hydrogens is 296 g/mol. The van der Waals surface area contributed by atoms with Crippen LogP contribution in [0.4, 0.5) is 0 Å². The summed E-state index contributed by atoms with van der Waals surface area (Å²) in [5.41, 5.74) is 0.738. The summed E-state index contributed by atoms with van der Waals surface area (Å²) in [5, 5.41) is 0. The van der Waals surface area contributed by atoms with Crippen LogP contribution >= 0.6 is 15.9 Å². The number of H-pyrrole nitrogens is 1. The highest BCUT2D eigenvalue weighted by molar-refractivity contribution is 9.10. The summed E-state index contributed by atoms with van der Waals surface area (Å²) in [6, 6.07) is 1.63. The highest BCUT2D eigenvalue weighted by Gasteiger charge is 2.17. The Labute approximate surface area is 116 Å². The van der Waals surface area contributed by atoms with E-state index in [-0.39, 0.29) is 17.0 Å². The minimum Gasteiger partial charge on any atom is -0.339 e. The Morgan fingerprint density at radius 3 is 2.44 bits per heavy atom. The summed E-state index contributed by atoms with van der Waals surface area (Å²) >= 11 is 3.40. The van der Waals surface area contributed by atoms with Gasteiger partial charge in [-0.05, 0) is 42.3 Å². The van der Waals surface area contributed by atoms with E-state index in [1.807, 2.05) is 20.8 Å². The van der Waals surface area contributed by atoms with Crippen molar-refractivity contribution in [3.63, 3.8) is 0 Å². The van der Waals surface area contributed by atoms with Gasteiger partial charge in [0.1, 0.15) is 5.56 Å². The average Bonchev–Trinajstić information content (AvgIpc) is 2.35. The lowest BCUT2D eigenvalue weighted by Crippen LogP contribution is -2.34. The average molecular weight is 315 g/mol. The molecule has 0 unspecified atom stereocenters. The number of carbonyl (C=O) groups excluding carboxylic acids is 1. The molecule has 1 aromatic heterocycles. The van der Waals surface area contributed by atoms with E-state index in [9.17, 15) is 9.59 Å². The number of hydrogen-bond acceptors (Lipinski definition) is 2. The zero-order valence-corrected chi connectivity index (χ0v) is 12.6. The smallest absolute Gasteiger partial charge is 0.261 e. The van der Waals surface area contributed by atoms with Gasteiger partial charge in [0, 0.05) is 23.3 Å². The maximum Gasteiger partial charge on any atom is 0.261 e. The van der Waals surface area contributed by atoms with Crippen LogP contribution in [0.2, 0.25) is 0 Å². The molecule has 0 aliphatic carbocycles. The van der Waals surface area contributed by atoms with Gasteiger partial charge in [0.05, 0.1) is 0 Å². The fourth-order valence-electron chi connectivity index (χ4n) is 1.82. The number of pyridine rings is 1. The van der Waals surface area contributed by atoms with Crippen LogP contribution in [0.25, 0.3) is 0 Å². The monoisotopic (exact) mass is 314 g/mol. The molecule has 1 rings (SSSR count). The van der Waals surface area contributed by atoms with Gasteiger partial charge < -0.3 is 9.88 Å². The second-order valence-corrected chi connectivity index (χ2v) is 4.92. The number of rotatable bonds is 5. The van der Waals surface area contributed by atoms with Gasteiger partial charge in [0.25, 0.3) is 11.5 Å². The lowest BCUT2D eigenvalue weighted by molar-refractivity contribution is 0.0771. The topological polar surface area (TPSA) is 53.2 Å². The SMILES string of the molecule is CCCc1[nH]c(=O)c(C(=O)N(CC)CC)cc1Br. The summed E-state index contributed by atoms with van der Waals surface area (Å²) in [4.78, 5) is 28.5. The maximum absolute atomic E-state index is 12.1. The van der Waals surface area contributed by atoms with Gasteiger partial charge in [-0.25, -0.2) is 0 Å². The van der Waals surface area contributed by atoms with Gasteiger partial charge in [-0.3, -0.25) is 9.59 Å². The Morgan fingerprint density at radius 1 is 1.33 bits per heavy atom. The van der Waals surface area contributed by atoms with Crippen LogP contribution in [0.1, 0.15) is 43.2 Å². The quantitative estimate of drug-likeness (QED) is 0.908. The molecule has 1 N–H and O–H groups in total. The van der Waals surface area contributed by atoms with Crippen molar-refractivity contribution in [2.75, 3.05) is 13.1 Å². The molecule has 1 heterocycles. The molecule has 0 aromatic carbocycles. The molecule has 0 atom stereocenters.